The molecule has 4 nitrogen and oxygen atoms in total. The second kappa shape index (κ2) is 7.46. The van der Waals surface area contributed by atoms with Gasteiger partial charge in [-0.2, -0.15) is 0 Å². The van der Waals surface area contributed by atoms with Gasteiger partial charge in [0, 0.05) is 12.6 Å². The van der Waals surface area contributed by atoms with E-state index in [-0.39, 0.29) is 6.04 Å². The van der Waals surface area contributed by atoms with Gasteiger partial charge in [0.15, 0.2) is 9.84 Å². The van der Waals surface area contributed by atoms with Gasteiger partial charge in [0.2, 0.25) is 0 Å². The Kier molecular flexibility index (Phi) is 6.60. The molecule has 108 valence electrons. The van der Waals surface area contributed by atoms with Gasteiger partial charge in [0.1, 0.15) is 0 Å². The third-order valence-corrected chi connectivity index (χ3v) is 5.20. The number of nitrogens with one attached hydrogen (secondary N) is 1. The van der Waals surface area contributed by atoms with Crippen molar-refractivity contribution in [2.75, 3.05) is 37.7 Å². The van der Waals surface area contributed by atoms with Crippen LogP contribution in [0.2, 0.25) is 0 Å². The lowest BCUT2D eigenvalue weighted by atomic mass is 10.2. The fraction of sp³-hybridized carbons (Fsp3) is 1.00. The van der Waals surface area contributed by atoms with E-state index in [9.17, 15) is 8.42 Å². The van der Waals surface area contributed by atoms with Crippen LogP contribution in [0.4, 0.5) is 0 Å². The van der Waals surface area contributed by atoms with Crippen LogP contribution >= 0.6 is 0 Å². The SMILES string of the molecule is CC(C)CNCCCCN1CCS(=O)(=O)CC1C. The van der Waals surface area contributed by atoms with Gasteiger partial charge in [0.25, 0.3) is 0 Å². The minimum atomic E-state index is -2.77. The summed E-state index contributed by atoms with van der Waals surface area (Å²) in [5, 5.41) is 3.43. The number of nitrogens with zero attached hydrogens (tertiary/aromatic N) is 1. The highest BCUT2D eigenvalue weighted by molar-refractivity contribution is 7.91. The lowest BCUT2D eigenvalue weighted by molar-refractivity contribution is 0.222. The second-order valence-corrected chi connectivity index (χ2v) is 8.03. The zero-order valence-corrected chi connectivity index (χ0v) is 12.8. The predicted octanol–water partition coefficient (Wildman–Crippen LogP) is 1.13. The van der Waals surface area contributed by atoms with Crippen LogP contribution in [0.15, 0.2) is 0 Å². The molecule has 0 aliphatic carbocycles. The molecule has 5 heteroatoms. The van der Waals surface area contributed by atoms with Gasteiger partial charge in [-0.15, -0.1) is 0 Å². The van der Waals surface area contributed by atoms with E-state index in [1.54, 1.807) is 0 Å². The minimum absolute atomic E-state index is 0.187. The topological polar surface area (TPSA) is 49.4 Å². The summed E-state index contributed by atoms with van der Waals surface area (Å²) < 4.78 is 22.9. The van der Waals surface area contributed by atoms with E-state index in [1.165, 1.54) is 6.42 Å². The van der Waals surface area contributed by atoms with Crippen molar-refractivity contribution in [1.82, 2.24) is 10.2 Å². The Bertz CT molecular complexity index is 328. The van der Waals surface area contributed by atoms with Crippen molar-refractivity contribution < 1.29 is 8.42 Å². The van der Waals surface area contributed by atoms with Crippen molar-refractivity contribution in [1.29, 1.82) is 0 Å². The van der Waals surface area contributed by atoms with Gasteiger partial charge in [-0.05, 0) is 45.3 Å². The van der Waals surface area contributed by atoms with Gasteiger partial charge in [0.05, 0.1) is 11.5 Å². The molecule has 1 unspecified atom stereocenters. The predicted molar refractivity (Wildman–Crippen MR) is 76.6 cm³/mol. The molecule has 0 aromatic rings. The van der Waals surface area contributed by atoms with Crippen molar-refractivity contribution in [3.8, 4) is 0 Å². The third kappa shape index (κ3) is 6.16. The molecule has 0 bridgehead atoms. The molecule has 1 atom stereocenters. The number of hydrogen-bond acceptors (Lipinski definition) is 4. The molecule has 0 radical (unpaired) electrons. The molecule has 1 rings (SSSR count). The number of sulfone groups is 1. The Morgan fingerprint density at radius 1 is 1.33 bits per heavy atom. The van der Waals surface area contributed by atoms with Crippen LogP contribution in [-0.2, 0) is 9.84 Å². The van der Waals surface area contributed by atoms with E-state index in [4.69, 9.17) is 0 Å². The van der Waals surface area contributed by atoms with E-state index in [0.717, 1.165) is 26.1 Å². The first kappa shape index (κ1) is 15.9. The molecular formula is C13H28N2O2S. The maximum absolute atomic E-state index is 11.4. The summed E-state index contributed by atoms with van der Waals surface area (Å²) in [7, 11) is -2.77. The Morgan fingerprint density at radius 3 is 2.67 bits per heavy atom. The summed E-state index contributed by atoms with van der Waals surface area (Å²) in [6, 6.07) is 0.187. The molecule has 1 fully saturated rings. The number of hydrogen-bond donors (Lipinski definition) is 1. The molecular weight excluding hydrogens is 248 g/mol. The number of rotatable bonds is 7. The first-order valence-corrected chi connectivity index (χ1v) is 8.88. The third-order valence-electron chi connectivity index (χ3n) is 3.41. The standard InChI is InChI=1S/C13H28N2O2S/c1-12(2)10-14-6-4-5-7-15-8-9-18(16,17)11-13(15)3/h12-14H,4-11H2,1-3H3. The van der Waals surface area contributed by atoms with Gasteiger partial charge in [-0.25, -0.2) is 8.42 Å². The second-order valence-electron chi connectivity index (χ2n) is 5.80. The molecule has 1 N–H and O–H groups in total. The maximum Gasteiger partial charge on any atom is 0.153 e. The minimum Gasteiger partial charge on any atom is -0.316 e. The van der Waals surface area contributed by atoms with Crippen LogP contribution < -0.4 is 5.32 Å². The first-order chi connectivity index (χ1) is 8.41. The molecule has 0 saturated carbocycles. The summed E-state index contributed by atoms with van der Waals surface area (Å²) in [6.07, 6.45) is 2.32. The van der Waals surface area contributed by atoms with Crippen LogP contribution in [0.5, 0.6) is 0 Å². The van der Waals surface area contributed by atoms with Gasteiger partial charge in [-0.3, -0.25) is 4.90 Å². The molecule has 0 aromatic heterocycles. The highest BCUT2D eigenvalue weighted by Crippen LogP contribution is 2.11. The van der Waals surface area contributed by atoms with Crippen LogP contribution in [-0.4, -0.2) is 57.0 Å². The van der Waals surface area contributed by atoms with Crippen LogP contribution in [0, 0.1) is 5.92 Å². The first-order valence-electron chi connectivity index (χ1n) is 7.06. The quantitative estimate of drug-likeness (QED) is 0.708. The molecule has 1 saturated heterocycles. The summed E-state index contributed by atoms with van der Waals surface area (Å²) in [5.41, 5.74) is 0. The highest BCUT2D eigenvalue weighted by atomic mass is 32.2. The smallest absolute Gasteiger partial charge is 0.153 e. The summed E-state index contributed by atoms with van der Waals surface area (Å²) >= 11 is 0. The lowest BCUT2D eigenvalue weighted by Crippen LogP contribution is -2.47. The van der Waals surface area contributed by atoms with Gasteiger partial charge >= 0.3 is 0 Å². The molecule has 0 amide bonds. The molecule has 0 spiro atoms. The summed E-state index contributed by atoms with van der Waals surface area (Å²) in [5.74, 6) is 1.37. The Hall–Kier alpha value is -0.130. The van der Waals surface area contributed by atoms with Crippen LogP contribution in [0.1, 0.15) is 33.6 Å². The van der Waals surface area contributed by atoms with E-state index in [2.05, 4.69) is 24.1 Å². The van der Waals surface area contributed by atoms with Crippen molar-refractivity contribution in [3.05, 3.63) is 0 Å². The van der Waals surface area contributed by atoms with Crippen LogP contribution in [0.25, 0.3) is 0 Å². The van der Waals surface area contributed by atoms with E-state index in [0.29, 0.717) is 24.0 Å². The Morgan fingerprint density at radius 2 is 2.06 bits per heavy atom. The van der Waals surface area contributed by atoms with Crippen molar-refractivity contribution in [2.24, 2.45) is 5.92 Å². The monoisotopic (exact) mass is 276 g/mol. The molecule has 1 heterocycles. The molecule has 0 aromatic carbocycles. The van der Waals surface area contributed by atoms with E-state index < -0.39 is 9.84 Å². The maximum atomic E-state index is 11.4. The molecule has 1 aliphatic rings. The zero-order valence-electron chi connectivity index (χ0n) is 12.0. The normalized spacial score (nSPS) is 24.6. The molecule has 18 heavy (non-hydrogen) atoms. The zero-order chi connectivity index (χ0) is 13.6. The highest BCUT2D eigenvalue weighted by Gasteiger charge is 2.27. The Labute approximate surface area is 112 Å². The average Bonchev–Trinajstić information content (AvgIpc) is 2.24. The van der Waals surface area contributed by atoms with E-state index >= 15 is 0 Å². The van der Waals surface area contributed by atoms with E-state index in [1.807, 2.05) is 6.92 Å². The van der Waals surface area contributed by atoms with Crippen molar-refractivity contribution in [3.63, 3.8) is 0 Å². The summed E-state index contributed by atoms with van der Waals surface area (Å²) in [4.78, 5) is 2.31. The largest absolute Gasteiger partial charge is 0.316 e. The lowest BCUT2D eigenvalue weighted by Gasteiger charge is -2.33. The fourth-order valence-corrected chi connectivity index (χ4v) is 3.95. The van der Waals surface area contributed by atoms with Crippen LogP contribution in [0.3, 0.4) is 0 Å². The van der Waals surface area contributed by atoms with Gasteiger partial charge < -0.3 is 5.32 Å². The van der Waals surface area contributed by atoms with Crippen molar-refractivity contribution in [2.45, 2.75) is 39.7 Å². The van der Waals surface area contributed by atoms with Gasteiger partial charge in [-0.1, -0.05) is 13.8 Å². The fourth-order valence-electron chi connectivity index (χ4n) is 2.32. The van der Waals surface area contributed by atoms with Crippen molar-refractivity contribution >= 4 is 9.84 Å². The summed E-state index contributed by atoms with van der Waals surface area (Å²) in [6.45, 7) is 10.3. The molecule has 1 aliphatic heterocycles. The average molecular weight is 276 g/mol. The number of unbranched alkanes of at least 4 members (excludes halogenated alkanes) is 1. The Balaban J connectivity index is 2.09.